The van der Waals surface area contributed by atoms with Crippen LogP contribution in [0.15, 0.2) is 154 Å². The first-order chi connectivity index (χ1) is 19.8. The van der Waals surface area contributed by atoms with Gasteiger partial charge in [-0.05, 0) is 28.8 Å². The van der Waals surface area contributed by atoms with Crippen molar-refractivity contribution >= 4 is 32.7 Å². The van der Waals surface area contributed by atoms with E-state index in [9.17, 15) is 0 Å². The van der Waals surface area contributed by atoms with E-state index < -0.39 is 0 Å². The van der Waals surface area contributed by atoms with E-state index in [1.165, 1.54) is 0 Å². The van der Waals surface area contributed by atoms with Crippen molar-refractivity contribution in [3.63, 3.8) is 0 Å². The Morgan fingerprint density at radius 2 is 0.950 bits per heavy atom. The lowest BCUT2D eigenvalue weighted by Gasteiger charge is -2.12. The van der Waals surface area contributed by atoms with Crippen LogP contribution < -0.4 is 0 Å². The largest absolute Gasteiger partial charge is 0.455 e. The maximum absolute atomic E-state index is 6.80. The van der Waals surface area contributed by atoms with E-state index in [1.807, 2.05) is 18.2 Å². The number of hydrogen-bond donors (Lipinski definition) is 0. The minimum Gasteiger partial charge on any atom is -0.455 e. The standard InChI is InChI=1S/C38H24O2/c1-3-12-25(13-4-1)28-23-22-27(29-19-11-20-31-30-16-9-10-21-35(30)39-37(29)31)24-34(28)38-33-18-8-7-17-32(33)36(40-38)26-14-5-2-6-15-26/h1-24H. The van der Waals surface area contributed by atoms with Gasteiger partial charge < -0.3 is 8.83 Å². The highest BCUT2D eigenvalue weighted by Gasteiger charge is 2.21. The van der Waals surface area contributed by atoms with E-state index in [1.54, 1.807) is 0 Å². The minimum absolute atomic E-state index is 0.868. The van der Waals surface area contributed by atoms with Crippen LogP contribution in [-0.4, -0.2) is 0 Å². The second-order valence-corrected chi connectivity index (χ2v) is 10.1. The smallest absolute Gasteiger partial charge is 0.143 e. The maximum Gasteiger partial charge on any atom is 0.143 e. The van der Waals surface area contributed by atoms with Gasteiger partial charge in [-0.2, -0.15) is 0 Å². The Kier molecular flexibility index (Phi) is 5.17. The molecule has 0 amide bonds. The van der Waals surface area contributed by atoms with Crippen molar-refractivity contribution in [2.45, 2.75) is 0 Å². The average molecular weight is 513 g/mol. The normalized spacial score (nSPS) is 11.5. The molecule has 0 N–H and O–H groups in total. The third-order valence-electron chi connectivity index (χ3n) is 7.72. The zero-order chi connectivity index (χ0) is 26.5. The maximum atomic E-state index is 6.80. The molecule has 0 radical (unpaired) electrons. The van der Waals surface area contributed by atoms with Gasteiger partial charge in [0.15, 0.2) is 0 Å². The molecular weight excluding hydrogens is 488 g/mol. The first-order valence-corrected chi connectivity index (χ1v) is 13.5. The molecule has 2 nitrogen and oxygen atoms in total. The number of furan rings is 2. The van der Waals surface area contributed by atoms with Crippen LogP contribution in [0, 0.1) is 0 Å². The average Bonchev–Trinajstić information content (AvgIpc) is 3.61. The summed E-state index contributed by atoms with van der Waals surface area (Å²) < 4.78 is 13.2. The number of hydrogen-bond acceptors (Lipinski definition) is 2. The number of benzene rings is 6. The van der Waals surface area contributed by atoms with Crippen LogP contribution in [0.5, 0.6) is 0 Å². The Morgan fingerprint density at radius 1 is 0.325 bits per heavy atom. The summed E-state index contributed by atoms with van der Waals surface area (Å²) in [4.78, 5) is 0. The Bertz CT molecular complexity index is 2150. The summed E-state index contributed by atoms with van der Waals surface area (Å²) in [5.74, 6) is 1.75. The SMILES string of the molecule is c1ccc(-c2ccc(-c3cccc4c3oc3ccccc34)cc2-c2oc(-c3ccccc3)c3ccccc23)cc1. The van der Waals surface area contributed by atoms with Gasteiger partial charge in [-0.3, -0.25) is 0 Å². The van der Waals surface area contributed by atoms with Gasteiger partial charge in [-0.1, -0.05) is 133 Å². The topological polar surface area (TPSA) is 26.3 Å². The molecular formula is C38H24O2. The van der Waals surface area contributed by atoms with Crippen molar-refractivity contribution in [1.29, 1.82) is 0 Å². The van der Waals surface area contributed by atoms with Crippen LogP contribution in [0.25, 0.3) is 77.6 Å². The van der Waals surface area contributed by atoms with Crippen LogP contribution in [0.2, 0.25) is 0 Å². The second kappa shape index (κ2) is 9.14. The van der Waals surface area contributed by atoms with Crippen LogP contribution in [0.1, 0.15) is 0 Å². The monoisotopic (exact) mass is 512 g/mol. The summed E-state index contributed by atoms with van der Waals surface area (Å²) >= 11 is 0. The summed E-state index contributed by atoms with van der Waals surface area (Å²) in [7, 11) is 0. The zero-order valence-electron chi connectivity index (χ0n) is 21.7. The molecule has 0 bridgehead atoms. The molecule has 8 rings (SSSR count). The number of para-hydroxylation sites is 2. The molecule has 6 aromatic carbocycles. The van der Waals surface area contributed by atoms with E-state index in [0.29, 0.717) is 0 Å². The van der Waals surface area contributed by atoms with Gasteiger partial charge in [-0.25, -0.2) is 0 Å². The van der Waals surface area contributed by atoms with Crippen molar-refractivity contribution in [1.82, 2.24) is 0 Å². The molecule has 0 atom stereocenters. The fourth-order valence-electron chi connectivity index (χ4n) is 5.84. The van der Waals surface area contributed by atoms with E-state index in [-0.39, 0.29) is 0 Å². The van der Waals surface area contributed by atoms with Crippen molar-refractivity contribution in [2.24, 2.45) is 0 Å². The summed E-state index contributed by atoms with van der Waals surface area (Å²) in [6.45, 7) is 0. The lowest BCUT2D eigenvalue weighted by molar-refractivity contribution is 0.602. The fraction of sp³-hybridized carbons (Fsp3) is 0. The third kappa shape index (κ3) is 3.58. The van der Waals surface area contributed by atoms with E-state index in [4.69, 9.17) is 8.83 Å². The molecule has 0 saturated heterocycles. The lowest BCUT2D eigenvalue weighted by atomic mass is 9.92. The Balaban J connectivity index is 1.41. The Morgan fingerprint density at radius 3 is 1.73 bits per heavy atom. The van der Waals surface area contributed by atoms with E-state index >= 15 is 0 Å². The molecule has 0 spiro atoms. The van der Waals surface area contributed by atoms with Gasteiger partial charge in [0, 0.05) is 38.2 Å². The van der Waals surface area contributed by atoms with Gasteiger partial charge >= 0.3 is 0 Å². The molecule has 40 heavy (non-hydrogen) atoms. The van der Waals surface area contributed by atoms with Crippen molar-refractivity contribution < 1.29 is 8.83 Å². The first kappa shape index (κ1) is 22.6. The molecule has 8 aromatic rings. The van der Waals surface area contributed by atoms with Crippen LogP contribution in [-0.2, 0) is 0 Å². The molecule has 0 unspecified atom stereocenters. The highest BCUT2D eigenvalue weighted by atomic mass is 16.3. The minimum atomic E-state index is 0.868. The quantitative estimate of drug-likeness (QED) is 0.234. The molecule has 2 heteroatoms. The molecule has 0 aliphatic heterocycles. The van der Waals surface area contributed by atoms with Gasteiger partial charge in [0.1, 0.15) is 22.7 Å². The highest BCUT2D eigenvalue weighted by Crippen LogP contribution is 2.45. The predicted octanol–water partition coefficient (Wildman–Crippen LogP) is 11.0. The number of rotatable bonds is 4. The summed E-state index contributed by atoms with van der Waals surface area (Å²) in [6.07, 6.45) is 0. The molecule has 0 aliphatic carbocycles. The lowest BCUT2D eigenvalue weighted by Crippen LogP contribution is -1.87. The second-order valence-electron chi connectivity index (χ2n) is 10.1. The zero-order valence-corrected chi connectivity index (χ0v) is 21.7. The van der Waals surface area contributed by atoms with E-state index in [2.05, 4.69) is 127 Å². The van der Waals surface area contributed by atoms with Gasteiger partial charge in [0.2, 0.25) is 0 Å². The van der Waals surface area contributed by atoms with Crippen molar-refractivity contribution in [3.8, 4) is 44.9 Å². The predicted molar refractivity (Wildman–Crippen MR) is 165 cm³/mol. The van der Waals surface area contributed by atoms with Gasteiger partial charge in [-0.15, -0.1) is 0 Å². The number of fused-ring (bicyclic) bond motifs is 4. The van der Waals surface area contributed by atoms with Crippen molar-refractivity contribution in [2.75, 3.05) is 0 Å². The molecule has 2 aromatic heterocycles. The van der Waals surface area contributed by atoms with Gasteiger partial charge in [0.25, 0.3) is 0 Å². The van der Waals surface area contributed by atoms with Crippen molar-refractivity contribution in [3.05, 3.63) is 146 Å². The molecule has 2 heterocycles. The summed E-state index contributed by atoms with van der Waals surface area (Å²) in [5.41, 5.74) is 8.33. The Hall–Kier alpha value is -5.34. The van der Waals surface area contributed by atoms with Crippen LogP contribution in [0.4, 0.5) is 0 Å². The Labute approximate surface area is 231 Å². The highest BCUT2D eigenvalue weighted by molar-refractivity contribution is 6.10. The fourth-order valence-corrected chi connectivity index (χ4v) is 5.84. The van der Waals surface area contributed by atoms with E-state index in [0.717, 1.165) is 77.6 Å². The molecule has 0 aliphatic rings. The molecule has 188 valence electrons. The summed E-state index contributed by atoms with van der Waals surface area (Å²) in [5, 5.41) is 4.45. The first-order valence-electron chi connectivity index (χ1n) is 13.5. The molecule has 0 saturated carbocycles. The van der Waals surface area contributed by atoms with Crippen LogP contribution >= 0.6 is 0 Å². The van der Waals surface area contributed by atoms with Crippen LogP contribution in [0.3, 0.4) is 0 Å². The third-order valence-corrected chi connectivity index (χ3v) is 7.72. The summed E-state index contributed by atoms with van der Waals surface area (Å²) in [6, 6.07) is 50.6. The molecule has 0 fully saturated rings. The van der Waals surface area contributed by atoms with Gasteiger partial charge in [0.05, 0.1) is 0 Å².